The molecule has 0 bridgehead atoms. The van der Waals surface area contributed by atoms with Crippen molar-refractivity contribution < 1.29 is 4.74 Å². The van der Waals surface area contributed by atoms with Gasteiger partial charge in [-0.1, -0.05) is 22.0 Å². The zero-order valence-corrected chi connectivity index (χ0v) is 9.54. The molecule has 0 saturated heterocycles. The minimum Gasteiger partial charge on any atom is -0.493 e. The van der Waals surface area contributed by atoms with E-state index in [0.29, 0.717) is 6.61 Å². The van der Waals surface area contributed by atoms with Crippen LogP contribution in [0, 0.1) is 0 Å². The van der Waals surface area contributed by atoms with Gasteiger partial charge in [0.2, 0.25) is 0 Å². The Balaban J connectivity index is 2.68. The fourth-order valence-electron chi connectivity index (χ4n) is 1.01. The minimum atomic E-state index is 0.705. The van der Waals surface area contributed by atoms with Crippen LogP contribution in [0.3, 0.4) is 0 Å². The maximum atomic E-state index is 5.47. The second-order valence-corrected chi connectivity index (χ2v) is 3.72. The van der Waals surface area contributed by atoms with E-state index >= 15 is 0 Å². The first kappa shape index (κ1) is 10.4. The maximum Gasteiger partial charge on any atom is 0.121 e. The fraction of sp³-hybridized carbons (Fsp3) is 0.400. The van der Waals surface area contributed by atoms with Crippen LogP contribution in [0.5, 0.6) is 5.75 Å². The van der Waals surface area contributed by atoms with Crippen molar-refractivity contribution in [2.45, 2.75) is 0 Å². The minimum absolute atomic E-state index is 0.705. The van der Waals surface area contributed by atoms with Crippen LogP contribution >= 0.6 is 15.9 Å². The lowest BCUT2D eigenvalue weighted by Gasteiger charge is -2.13. The number of anilines is 1. The molecule has 0 N–H and O–H groups in total. The van der Waals surface area contributed by atoms with Gasteiger partial charge < -0.3 is 9.64 Å². The van der Waals surface area contributed by atoms with Crippen LogP contribution < -0.4 is 9.64 Å². The molecule has 1 aromatic carbocycles. The third-order valence-electron chi connectivity index (χ3n) is 1.68. The lowest BCUT2D eigenvalue weighted by atomic mass is 10.3. The second-order valence-electron chi connectivity index (χ2n) is 2.93. The highest BCUT2D eigenvalue weighted by atomic mass is 79.9. The molecule has 0 heterocycles. The number of halogens is 1. The van der Waals surface area contributed by atoms with Crippen molar-refractivity contribution in [2.24, 2.45) is 0 Å². The summed E-state index contributed by atoms with van der Waals surface area (Å²) in [7, 11) is 4.03. The molecular weight excluding hydrogens is 230 g/mol. The van der Waals surface area contributed by atoms with Gasteiger partial charge in [-0.05, 0) is 12.1 Å². The van der Waals surface area contributed by atoms with Crippen LogP contribution in [0.2, 0.25) is 0 Å². The summed E-state index contributed by atoms with van der Waals surface area (Å²) in [6.45, 7) is 0.705. The van der Waals surface area contributed by atoms with E-state index in [1.165, 1.54) is 0 Å². The van der Waals surface area contributed by atoms with E-state index in [9.17, 15) is 0 Å². The van der Waals surface area contributed by atoms with Crippen molar-refractivity contribution >= 4 is 21.6 Å². The summed E-state index contributed by atoms with van der Waals surface area (Å²) in [6, 6.07) is 8.05. The van der Waals surface area contributed by atoms with Gasteiger partial charge in [-0.2, -0.15) is 0 Å². The van der Waals surface area contributed by atoms with Crippen molar-refractivity contribution in [3.05, 3.63) is 24.3 Å². The predicted octanol–water partition coefficient (Wildman–Crippen LogP) is 2.53. The van der Waals surface area contributed by atoms with Crippen LogP contribution in [0.15, 0.2) is 24.3 Å². The molecule has 3 heteroatoms. The van der Waals surface area contributed by atoms with Crippen LogP contribution in [0.1, 0.15) is 0 Å². The molecule has 1 aromatic rings. The van der Waals surface area contributed by atoms with Gasteiger partial charge in [0.25, 0.3) is 0 Å². The number of rotatable bonds is 4. The van der Waals surface area contributed by atoms with Crippen LogP contribution in [-0.2, 0) is 0 Å². The van der Waals surface area contributed by atoms with Crippen molar-refractivity contribution in [2.75, 3.05) is 30.9 Å². The molecule has 0 aromatic heterocycles. The zero-order valence-electron chi connectivity index (χ0n) is 7.96. The smallest absolute Gasteiger partial charge is 0.121 e. The van der Waals surface area contributed by atoms with Gasteiger partial charge in [0, 0.05) is 31.2 Å². The molecule has 0 aliphatic rings. The number of hydrogen-bond donors (Lipinski definition) is 0. The number of nitrogens with zero attached hydrogens (tertiary/aromatic N) is 1. The van der Waals surface area contributed by atoms with Crippen molar-refractivity contribution in [1.82, 2.24) is 0 Å². The third-order valence-corrected chi connectivity index (χ3v) is 2.00. The second kappa shape index (κ2) is 5.12. The number of alkyl halides is 1. The van der Waals surface area contributed by atoms with Crippen molar-refractivity contribution in [1.29, 1.82) is 0 Å². The van der Waals surface area contributed by atoms with Gasteiger partial charge in [0.05, 0.1) is 6.61 Å². The summed E-state index contributed by atoms with van der Waals surface area (Å²) in [5.41, 5.74) is 1.16. The lowest BCUT2D eigenvalue weighted by Crippen LogP contribution is -2.08. The fourth-order valence-corrected chi connectivity index (χ4v) is 1.17. The highest BCUT2D eigenvalue weighted by Gasteiger charge is 1.97. The van der Waals surface area contributed by atoms with Crippen molar-refractivity contribution in [3.63, 3.8) is 0 Å². The van der Waals surface area contributed by atoms with E-state index in [2.05, 4.69) is 26.9 Å². The molecule has 0 unspecified atom stereocenters. The number of hydrogen-bond acceptors (Lipinski definition) is 2. The highest BCUT2D eigenvalue weighted by Crippen LogP contribution is 2.19. The number of ether oxygens (including phenoxy) is 1. The summed E-state index contributed by atoms with van der Waals surface area (Å²) < 4.78 is 5.47. The SMILES string of the molecule is CN(C)c1cccc(OCCBr)c1. The Hall–Kier alpha value is -0.700. The first-order valence-electron chi connectivity index (χ1n) is 4.20. The average molecular weight is 244 g/mol. The standard InChI is InChI=1S/C10H14BrNO/c1-12(2)9-4-3-5-10(8-9)13-7-6-11/h3-5,8H,6-7H2,1-2H3. The molecule has 1 rings (SSSR count). The Bertz CT molecular complexity index is 263. The van der Waals surface area contributed by atoms with E-state index in [1.54, 1.807) is 0 Å². The Morgan fingerprint density at radius 1 is 1.38 bits per heavy atom. The van der Waals surface area contributed by atoms with E-state index in [-0.39, 0.29) is 0 Å². The molecule has 0 aliphatic heterocycles. The summed E-state index contributed by atoms with van der Waals surface area (Å²) >= 11 is 3.32. The normalized spacial score (nSPS) is 9.77. The molecular formula is C10H14BrNO. The van der Waals surface area contributed by atoms with Gasteiger partial charge >= 0.3 is 0 Å². The monoisotopic (exact) mass is 243 g/mol. The molecule has 13 heavy (non-hydrogen) atoms. The Morgan fingerprint density at radius 3 is 2.77 bits per heavy atom. The van der Waals surface area contributed by atoms with E-state index in [4.69, 9.17) is 4.74 Å². The molecule has 0 fully saturated rings. The van der Waals surface area contributed by atoms with Gasteiger partial charge in [-0.15, -0.1) is 0 Å². The maximum absolute atomic E-state index is 5.47. The van der Waals surface area contributed by atoms with Crippen LogP contribution in [0.25, 0.3) is 0 Å². The Labute approximate surface area is 87.6 Å². The summed E-state index contributed by atoms with van der Waals surface area (Å²) in [4.78, 5) is 2.06. The van der Waals surface area contributed by atoms with E-state index < -0.39 is 0 Å². The molecule has 0 spiro atoms. The molecule has 2 nitrogen and oxygen atoms in total. The van der Waals surface area contributed by atoms with Crippen LogP contribution in [0.4, 0.5) is 5.69 Å². The number of benzene rings is 1. The van der Waals surface area contributed by atoms with Gasteiger partial charge in [-0.25, -0.2) is 0 Å². The largest absolute Gasteiger partial charge is 0.493 e. The quantitative estimate of drug-likeness (QED) is 0.754. The third kappa shape index (κ3) is 3.27. The molecule has 0 aliphatic carbocycles. The van der Waals surface area contributed by atoms with Crippen LogP contribution in [-0.4, -0.2) is 26.0 Å². The zero-order chi connectivity index (χ0) is 9.68. The first-order chi connectivity index (χ1) is 6.24. The molecule has 0 radical (unpaired) electrons. The van der Waals surface area contributed by atoms with Gasteiger partial charge in [0.1, 0.15) is 5.75 Å². The molecule has 0 amide bonds. The topological polar surface area (TPSA) is 12.5 Å². The van der Waals surface area contributed by atoms with Gasteiger partial charge in [0.15, 0.2) is 0 Å². The summed E-state index contributed by atoms with van der Waals surface area (Å²) in [5.74, 6) is 0.922. The average Bonchev–Trinajstić information content (AvgIpc) is 2.15. The molecule has 0 atom stereocenters. The molecule has 0 saturated carbocycles. The predicted molar refractivity (Wildman–Crippen MR) is 60.1 cm³/mol. The Morgan fingerprint density at radius 2 is 2.15 bits per heavy atom. The lowest BCUT2D eigenvalue weighted by molar-refractivity contribution is 0.345. The first-order valence-corrected chi connectivity index (χ1v) is 5.32. The summed E-state index contributed by atoms with van der Waals surface area (Å²) in [5, 5.41) is 0.860. The van der Waals surface area contributed by atoms with E-state index in [0.717, 1.165) is 16.8 Å². The molecule has 72 valence electrons. The van der Waals surface area contributed by atoms with Crippen molar-refractivity contribution in [3.8, 4) is 5.75 Å². The summed E-state index contributed by atoms with van der Waals surface area (Å²) in [6.07, 6.45) is 0. The van der Waals surface area contributed by atoms with E-state index in [1.807, 2.05) is 32.3 Å². The van der Waals surface area contributed by atoms with Gasteiger partial charge in [-0.3, -0.25) is 0 Å². The Kier molecular flexibility index (Phi) is 4.09. The highest BCUT2D eigenvalue weighted by molar-refractivity contribution is 9.09.